The van der Waals surface area contributed by atoms with Crippen LogP contribution in [0.25, 0.3) is 17.7 Å². The summed E-state index contributed by atoms with van der Waals surface area (Å²) in [4.78, 5) is 45.7. The number of morpholine rings is 1. The normalized spacial score (nSPS) is 19.3. The highest BCUT2D eigenvalue weighted by Gasteiger charge is 2.35. The number of H-pyrrole nitrogens is 1. The predicted octanol–water partition coefficient (Wildman–Crippen LogP) is 5.65. The maximum atomic E-state index is 13.0. The van der Waals surface area contributed by atoms with E-state index in [0.29, 0.717) is 21.2 Å². The molecule has 0 radical (unpaired) electrons. The van der Waals surface area contributed by atoms with E-state index in [1.807, 2.05) is 36.5 Å². The number of benzene rings is 2. The molecule has 0 spiro atoms. The molecule has 1 aromatic heterocycles. The van der Waals surface area contributed by atoms with Gasteiger partial charge in [0, 0.05) is 47.8 Å². The summed E-state index contributed by atoms with van der Waals surface area (Å²) in [5, 5.41) is 3.17. The van der Waals surface area contributed by atoms with Crippen molar-refractivity contribution in [3.05, 3.63) is 92.6 Å². The molecule has 3 amide bonds. The highest BCUT2D eigenvalue weighted by molar-refractivity contribution is 8.18. The Kier molecular flexibility index (Phi) is 8.48. The average molecular weight is 598 g/mol. The number of hydrogen-bond donors (Lipinski definition) is 2. The molecule has 3 aliphatic rings. The Balaban J connectivity index is 0.00000323. The Bertz CT molecular complexity index is 1530. The third kappa shape index (κ3) is 6.04. The van der Waals surface area contributed by atoms with Crippen LogP contribution in [0.1, 0.15) is 27.9 Å². The number of thioether (sulfide) groups is 1. The average Bonchev–Trinajstić information content (AvgIpc) is 3.58. The summed E-state index contributed by atoms with van der Waals surface area (Å²) in [6, 6.07) is 14.6. The minimum Gasteiger partial charge on any atom is -0.379 e. The van der Waals surface area contributed by atoms with Crippen molar-refractivity contribution in [1.29, 1.82) is 0 Å². The van der Waals surface area contributed by atoms with Gasteiger partial charge < -0.3 is 15.0 Å². The summed E-state index contributed by atoms with van der Waals surface area (Å²) < 4.78 is 5.42. The van der Waals surface area contributed by atoms with E-state index in [1.165, 1.54) is 4.90 Å². The van der Waals surface area contributed by atoms with E-state index >= 15 is 0 Å². The van der Waals surface area contributed by atoms with Gasteiger partial charge in [-0.3, -0.25) is 24.2 Å². The van der Waals surface area contributed by atoms with Crippen LogP contribution < -0.4 is 5.32 Å². The topological polar surface area (TPSA) is 94.7 Å². The molecule has 206 valence electrons. The fourth-order valence-corrected chi connectivity index (χ4v) is 5.78. The van der Waals surface area contributed by atoms with Gasteiger partial charge in [-0.1, -0.05) is 29.8 Å². The second kappa shape index (κ2) is 12.0. The first kappa shape index (κ1) is 28.2. The predicted molar refractivity (Wildman–Crippen MR) is 160 cm³/mol. The molecule has 2 N–H and O–H groups in total. The molecule has 2 saturated heterocycles. The maximum absolute atomic E-state index is 13.0. The molecule has 0 atom stereocenters. The monoisotopic (exact) mass is 596 g/mol. The van der Waals surface area contributed by atoms with Crippen molar-refractivity contribution in [3.63, 3.8) is 0 Å². The highest BCUT2D eigenvalue weighted by Crippen LogP contribution is 2.36. The molecular formula is C29H26Cl2N4O4S. The number of rotatable bonds is 6. The molecule has 2 aromatic carbocycles. The fraction of sp³-hybridized carbons (Fsp3) is 0.207. The van der Waals surface area contributed by atoms with Gasteiger partial charge in [-0.25, -0.2) is 0 Å². The summed E-state index contributed by atoms with van der Waals surface area (Å²) >= 11 is 6.86. The molecule has 11 heteroatoms. The number of ether oxygens (including phenoxy) is 1. The molecule has 0 bridgehead atoms. The smallest absolute Gasteiger partial charge is 0.293 e. The van der Waals surface area contributed by atoms with Gasteiger partial charge in [0.15, 0.2) is 0 Å². The molecule has 4 heterocycles. The largest absolute Gasteiger partial charge is 0.379 e. The van der Waals surface area contributed by atoms with Crippen LogP contribution in [-0.2, 0) is 27.4 Å². The van der Waals surface area contributed by atoms with Crippen LogP contribution in [0.15, 0.2) is 59.6 Å². The van der Waals surface area contributed by atoms with Gasteiger partial charge in [0.1, 0.15) is 0 Å². The van der Waals surface area contributed by atoms with E-state index in [-0.39, 0.29) is 36.0 Å². The van der Waals surface area contributed by atoms with Crippen molar-refractivity contribution in [1.82, 2.24) is 14.8 Å². The Morgan fingerprint density at radius 1 is 0.950 bits per heavy atom. The fourth-order valence-electron chi connectivity index (χ4n) is 4.81. The summed E-state index contributed by atoms with van der Waals surface area (Å²) in [6.07, 6.45) is 5.49. The van der Waals surface area contributed by atoms with Crippen molar-refractivity contribution < 1.29 is 19.1 Å². The molecule has 8 nitrogen and oxygen atoms in total. The minimum absolute atomic E-state index is 0. The number of fused-ring (bicyclic) bond motifs is 1. The van der Waals surface area contributed by atoms with Gasteiger partial charge >= 0.3 is 0 Å². The molecule has 2 fully saturated rings. The first-order valence-corrected chi connectivity index (χ1v) is 13.8. The standard InChI is InChI=1S/C29H25ClN4O4S.ClH/c30-21-4-1-18(2-5-21)13-26-28(36)34(29(37)39-26)17-19-3-6-25-23(12-19)24(27(35)32-25)14-22-11-20(15-31-22)16-33-7-9-38-10-8-33;/h1-6,11-15,31H,7-10,16-17H2,(H,32,35);1H. The lowest BCUT2D eigenvalue weighted by Gasteiger charge is -2.25. The molecular weight excluding hydrogens is 571 g/mol. The third-order valence-electron chi connectivity index (χ3n) is 6.82. The molecule has 0 aliphatic carbocycles. The van der Waals surface area contributed by atoms with E-state index < -0.39 is 0 Å². The van der Waals surface area contributed by atoms with Crippen molar-refractivity contribution in [3.8, 4) is 0 Å². The minimum atomic E-state index is -0.343. The summed E-state index contributed by atoms with van der Waals surface area (Å²) in [5.74, 6) is -0.534. The molecule has 0 unspecified atom stereocenters. The third-order valence-corrected chi connectivity index (χ3v) is 7.98. The number of nitrogens with one attached hydrogen (secondary N) is 2. The van der Waals surface area contributed by atoms with Crippen molar-refractivity contribution >= 4 is 76.2 Å². The van der Waals surface area contributed by atoms with E-state index in [0.717, 1.165) is 72.6 Å². The van der Waals surface area contributed by atoms with Crippen LogP contribution in [0, 0.1) is 0 Å². The van der Waals surface area contributed by atoms with Crippen LogP contribution in [-0.4, -0.2) is 58.1 Å². The van der Waals surface area contributed by atoms with Crippen molar-refractivity contribution in [2.24, 2.45) is 0 Å². The van der Waals surface area contributed by atoms with E-state index in [4.69, 9.17) is 16.3 Å². The molecule has 40 heavy (non-hydrogen) atoms. The van der Waals surface area contributed by atoms with Gasteiger partial charge in [-0.2, -0.15) is 0 Å². The molecule has 0 saturated carbocycles. The second-order valence-corrected chi connectivity index (χ2v) is 11.0. The zero-order valence-electron chi connectivity index (χ0n) is 21.3. The number of aromatic amines is 1. The Morgan fingerprint density at radius 3 is 2.50 bits per heavy atom. The Morgan fingerprint density at radius 2 is 1.73 bits per heavy atom. The van der Waals surface area contributed by atoms with Gasteiger partial charge in [0.25, 0.3) is 17.1 Å². The second-order valence-electron chi connectivity index (χ2n) is 9.56. The van der Waals surface area contributed by atoms with Crippen LogP contribution in [0.4, 0.5) is 10.5 Å². The molecule has 6 rings (SSSR count). The van der Waals surface area contributed by atoms with Gasteiger partial charge in [-0.15, -0.1) is 12.4 Å². The van der Waals surface area contributed by atoms with Crippen molar-refractivity contribution in [2.75, 3.05) is 31.6 Å². The van der Waals surface area contributed by atoms with Gasteiger partial charge in [0.05, 0.1) is 30.2 Å². The summed E-state index contributed by atoms with van der Waals surface area (Å²) in [6.45, 7) is 4.23. The van der Waals surface area contributed by atoms with E-state index in [2.05, 4.69) is 15.2 Å². The lowest BCUT2D eigenvalue weighted by Crippen LogP contribution is -2.35. The number of carbonyl (C=O) groups excluding carboxylic acids is 3. The maximum Gasteiger partial charge on any atom is 0.293 e. The zero-order valence-corrected chi connectivity index (χ0v) is 23.7. The number of carbonyl (C=O) groups is 3. The highest BCUT2D eigenvalue weighted by atomic mass is 35.5. The number of hydrogen-bond acceptors (Lipinski definition) is 6. The van der Waals surface area contributed by atoms with E-state index in [1.54, 1.807) is 30.3 Å². The lowest BCUT2D eigenvalue weighted by atomic mass is 10.0. The summed E-state index contributed by atoms with van der Waals surface area (Å²) in [7, 11) is 0. The number of imide groups is 1. The number of amides is 3. The van der Waals surface area contributed by atoms with Gasteiger partial charge in [0.2, 0.25) is 0 Å². The van der Waals surface area contributed by atoms with Crippen LogP contribution in [0.5, 0.6) is 0 Å². The number of halogens is 2. The zero-order chi connectivity index (χ0) is 26.9. The lowest BCUT2D eigenvalue weighted by molar-refractivity contribution is -0.123. The van der Waals surface area contributed by atoms with Gasteiger partial charge in [-0.05, 0) is 70.9 Å². The van der Waals surface area contributed by atoms with Crippen LogP contribution in [0.2, 0.25) is 5.02 Å². The van der Waals surface area contributed by atoms with E-state index in [9.17, 15) is 14.4 Å². The SMILES string of the molecule is Cl.O=C1Nc2ccc(CN3C(=O)SC(=Cc4ccc(Cl)cc4)C3=O)cc2C1=Cc1cc(CN2CCOCC2)c[nH]1. The Labute approximate surface area is 246 Å². The van der Waals surface area contributed by atoms with Crippen molar-refractivity contribution in [2.45, 2.75) is 13.1 Å². The number of nitrogens with zero attached hydrogens (tertiary/aromatic N) is 2. The molecule has 3 aliphatic heterocycles. The quantitative estimate of drug-likeness (QED) is 0.357. The molecule has 3 aromatic rings. The number of aromatic nitrogens is 1. The Hall–Kier alpha value is -3.34. The first-order chi connectivity index (χ1) is 18.9. The summed E-state index contributed by atoms with van der Waals surface area (Å²) in [5.41, 5.74) is 5.49. The first-order valence-electron chi connectivity index (χ1n) is 12.6. The van der Waals surface area contributed by atoms with Crippen LogP contribution >= 0.6 is 35.8 Å². The van der Waals surface area contributed by atoms with Crippen LogP contribution in [0.3, 0.4) is 0 Å². The number of anilines is 1.